The van der Waals surface area contributed by atoms with Crippen LogP contribution in [0.5, 0.6) is 0 Å². The highest BCUT2D eigenvalue weighted by molar-refractivity contribution is 7.07. The van der Waals surface area contributed by atoms with E-state index in [1.54, 1.807) is 11.3 Å². The van der Waals surface area contributed by atoms with E-state index in [-0.39, 0.29) is 23.2 Å². The Morgan fingerprint density at radius 3 is 2.78 bits per heavy atom. The minimum absolute atomic E-state index is 0.103. The number of aromatic nitrogens is 2. The van der Waals surface area contributed by atoms with Gasteiger partial charge in [0.25, 0.3) is 11.5 Å². The Morgan fingerprint density at radius 2 is 2.17 bits per heavy atom. The maximum absolute atomic E-state index is 12.3. The van der Waals surface area contributed by atoms with Gasteiger partial charge in [0.1, 0.15) is 5.69 Å². The fourth-order valence-corrected chi connectivity index (χ4v) is 2.99. The molecule has 0 spiro atoms. The van der Waals surface area contributed by atoms with Crippen molar-refractivity contribution in [1.82, 2.24) is 20.0 Å². The highest BCUT2D eigenvalue weighted by atomic mass is 32.1. The van der Waals surface area contributed by atoms with Crippen molar-refractivity contribution in [2.24, 2.45) is 0 Å². The number of likely N-dealkylation sites (N-methyl/N-ethyl adjacent to an activating group) is 1. The van der Waals surface area contributed by atoms with Crippen LogP contribution in [0.4, 0.5) is 0 Å². The number of rotatable bonds is 7. The van der Waals surface area contributed by atoms with Crippen LogP contribution in [0.2, 0.25) is 0 Å². The zero-order valence-corrected chi connectivity index (χ0v) is 14.5. The van der Waals surface area contributed by atoms with Crippen LogP contribution in [0.1, 0.15) is 35.4 Å². The summed E-state index contributed by atoms with van der Waals surface area (Å²) >= 11 is 1.64. The average Bonchev–Trinajstić information content (AvgIpc) is 3.03. The molecule has 2 aromatic rings. The molecule has 6 nitrogen and oxygen atoms in total. The number of nitrogens with zero attached hydrogens (tertiary/aromatic N) is 3. The largest absolute Gasteiger partial charge is 0.349 e. The molecule has 1 unspecified atom stereocenters. The Balaban J connectivity index is 2.06. The predicted molar refractivity (Wildman–Crippen MR) is 91.9 cm³/mol. The van der Waals surface area contributed by atoms with Crippen LogP contribution in [0.15, 0.2) is 33.8 Å². The van der Waals surface area contributed by atoms with Gasteiger partial charge < -0.3 is 10.2 Å². The molecule has 0 fully saturated rings. The molecule has 2 rings (SSSR count). The molecule has 0 aliphatic heterocycles. The van der Waals surface area contributed by atoms with Gasteiger partial charge in [-0.05, 0) is 49.0 Å². The molecule has 0 aliphatic carbocycles. The fraction of sp³-hybridized carbons (Fsp3) is 0.438. The third-order valence-electron chi connectivity index (χ3n) is 3.54. The summed E-state index contributed by atoms with van der Waals surface area (Å²) in [5, 5.41) is 11.1. The SMILES string of the molecule is CCCn1nc(C(=O)NCC(c2ccsc2)N(C)C)ccc1=O. The number of hydrogen-bond acceptors (Lipinski definition) is 5. The summed E-state index contributed by atoms with van der Waals surface area (Å²) in [4.78, 5) is 26.0. The van der Waals surface area contributed by atoms with Gasteiger partial charge in [0.15, 0.2) is 0 Å². The summed E-state index contributed by atoms with van der Waals surface area (Å²) < 4.78 is 1.33. The standard InChI is InChI=1S/C16H22N4O2S/c1-4-8-20-15(21)6-5-13(18-20)16(22)17-10-14(19(2)3)12-7-9-23-11-12/h5-7,9,11,14H,4,8,10H2,1-3H3,(H,17,22). The molecule has 1 N–H and O–H groups in total. The second-order valence-corrected chi connectivity index (χ2v) is 6.31. The van der Waals surface area contributed by atoms with E-state index in [9.17, 15) is 9.59 Å². The van der Waals surface area contributed by atoms with E-state index in [1.165, 1.54) is 22.4 Å². The second-order valence-electron chi connectivity index (χ2n) is 5.53. The number of nitrogens with one attached hydrogen (secondary N) is 1. The highest BCUT2D eigenvalue weighted by Gasteiger charge is 2.17. The molecule has 0 saturated carbocycles. The lowest BCUT2D eigenvalue weighted by Gasteiger charge is -2.23. The summed E-state index contributed by atoms with van der Waals surface area (Å²) in [6.45, 7) is 2.95. The van der Waals surface area contributed by atoms with Crippen LogP contribution < -0.4 is 10.9 Å². The minimum Gasteiger partial charge on any atom is -0.349 e. The lowest BCUT2D eigenvalue weighted by molar-refractivity contribution is 0.0934. The molecule has 124 valence electrons. The number of hydrogen-bond donors (Lipinski definition) is 1. The molecule has 7 heteroatoms. The van der Waals surface area contributed by atoms with Gasteiger partial charge in [0.05, 0.1) is 6.04 Å². The predicted octanol–water partition coefficient (Wildman–Crippen LogP) is 1.75. The van der Waals surface area contributed by atoms with Crippen LogP contribution in [0.25, 0.3) is 0 Å². The lowest BCUT2D eigenvalue weighted by atomic mass is 10.1. The molecule has 0 bridgehead atoms. The zero-order chi connectivity index (χ0) is 16.8. The number of carbonyl (C=O) groups is 1. The monoisotopic (exact) mass is 334 g/mol. The average molecular weight is 334 g/mol. The summed E-state index contributed by atoms with van der Waals surface area (Å²) in [6.07, 6.45) is 0.791. The van der Waals surface area contributed by atoms with E-state index in [0.717, 1.165) is 6.42 Å². The molecule has 2 aromatic heterocycles. The van der Waals surface area contributed by atoms with Crippen molar-refractivity contribution >= 4 is 17.2 Å². The smallest absolute Gasteiger partial charge is 0.271 e. The topological polar surface area (TPSA) is 67.2 Å². The van der Waals surface area contributed by atoms with Gasteiger partial charge in [-0.15, -0.1) is 0 Å². The molecule has 0 saturated heterocycles. The summed E-state index contributed by atoms with van der Waals surface area (Å²) in [5.74, 6) is -0.267. The third kappa shape index (κ3) is 4.49. The third-order valence-corrected chi connectivity index (χ3v) is 4.24. The van der Waals surface area contributed by atoms with Gasteiger partial charge in [0, 0.05) is 19.2 Å². The van der Waals surface area contributed by atoms with Gasteiger partial charge >= 0.3 is 0 Å². The van der Waals surface area contributed by atoms with Gasteiger partial charge in [-0.25, -0.2) is 4.68 Å². The van der Waals surface area contributed by atoms with Crippen molar-refractivity contribution in [2.75, 3.05) is 20.6 Å². The highest BCUT2D eigenvalue weighted by Crippen LogP contribution is 2.19. The normalized spacial score (nSPS) is 12.3. The van der Waals surface area contributed by atoms with Crippen molar-refractivity contribution in [3.05, 3.63) is 50.6 Å². The summed E-state index contributed by atoms with van der Waals surface area (Å²) in [5.41, 5.74) is 1.25. The number of aryl methyl sites for hydroxylation is 1. The Kier molecular flexibility index (Phi) is 6.06. The zero-order valence-electron chi connectivity index (χ0n) is 13.7. The summed E-state index contributed by atoms with van der Waals surface area (Å²) in [6, 6.07) is 5.02. The van der Waals surface area contributed by atoms with Crippen LogP contribution in [0, 0.1) is 0 Å². The van der Waals surface area contributed by atoms with Gasteiger partial charge in [-0.1, -0.05) is 6.92 Å². The molecule has 2 heterocycles. The van der Waals surface area contributed by atoms with Crippen molar-refractivity contribution in [3.63, 3.8) is 0 Å². The van der Waals surface area contributed by atoms with Crippen molar-refractivity contribution in [3.8, 4) is 0 Å². The Bertz CT molecular complexity index is 694. The van der Waals surface area contributed by atoms with E-state index >= 15 is 0 Å². The van der Waals surface area contributed by atoms with Crippen molar-refractivity contribution < 1.29 is 4.79 Å². The van der Waals surface area contributed by atoms with Crippen LogP contribution in [0.3, 0.4) is 0 Å². The van der Waals surface area contributed by atoms with Crippen LogP contribution in [-0.2, 0) is 6.54 Å². The molecule has 1 atom stereocenters. The maximum atomic E-state index is 12.3. The van der Waals surface area contributed by atoms with Gasteiger partial charge in [-0.3, -0.25) is 9.59 Å². The van der Waals surface area contributed by atoms with Crippen LogP contribution >= 0.6 is 11.3 Å². The first-order valence-corrected chi connectivity index (χ1v) is 8.52. The van der Waals surface area contributed by atoms with Crippen LogP contribution in [-0.4, -0.2) is 41.2 Å². The summed E-state index contributed by atoms with van der Waals surface area (Å²) in [7, 11) is 3.96. The lowest BCUT2D eigenvalue weighted by Crippen LogP contribution is -2.35. The molecule has 0 radical (unpaired) electrons. The van der Waals surface area contributed by atoms with E-state index in [4.69, 9.17) is 0 Å². The Morgan fingerprint density at radius 1 is 1.39 bits per heavy atom. The molecule has 23 heavy (non-hydrogen) atoms. The first-order valence-electron chi connectivity index (χ1n) is 7.57. The molecule has 0 aliphatic rings. The van der Waals surface area contributed by atoms with E-state index in [0.29, 0.717) is 13.1 Å². The number of thiophene rings is 1. The van der Waals surface area contributed by atoms with Gasteiger partial charge in [-0.2, -0.15) is 16.4 Å². The Hall–Kier alpha value is -1.99. The quantitative estimate of drug-likeness (QED) is 0.838. The molecular formula is C16H22N4O2S. The van der Waals surface area contributed by atoms with Crippen molar-refractivity contribution in [1.29, 1.82) is 0 Å². The molecular weight excluding hydrogens is 312 g/mol. The number of carbonyl (C=O) groups excluding carboxylic acids is 1. The van der Waals surface area contributed by atoms with E-state index in [1.807, 2.05) is 26.4 Å². The van der Waals surface area contributed by atoms with Crippen molar-refractivity contribution in [2.45, 2.75) is 25.9 Å². The fourth-order valence-electron chi connectivity index (χ4n) is 2.29. The second kappa shape index (κ2) is 8.03. The number of amides is 1. The first kappa shape index (κ1) is 17.4. The van der Waals surface area contributed by atoms with E-state index in [2.05, 4.69) is 26.8 Å². The Labute approximate surface area is 139 Å². The molecule has 0 aromatic carbocycles. The minimum atomic E-state index is -0.267. The van der Waals surface area contributed by atoms with Gasteiger partial charge in [0.2, 0.25) is 0 Å². The maximum Gasteiger partial charge on any atom is 0.271 e. The first-order chi connectivity index (χ1) is 11.0. The molecule has 1 amide bonds. The van der Waals surface area contributed by atoms with E-state index < -0.39 is 0 Å².